The van der Waals surface area contributed by atoms with Gasteiger partial charge in [-0.05, 0) is 20.1 Å². The number of rotatable bonds is 6. The number of nitrogens with one attached hydrogen (secondary N) is 3. The molecule has 0 fully saturated rings. The number of aromatic nitrogens is 2. The largest absolute Gasteiger partial charge is 0.373 e. The first-order valence-corrected chi connectivity index (χ1v) is 6.98. The average Bonchev–Trinajstić information content (AvgIpc) is 2.38. The number of carbonyl (C=O) groups is 1. The van der Waals surface area contributed by atoms with E-state index in [1.165, 1.54) is 11.8 Å². The lowest BCUT2D eigenvalue weighted by atomic mass is 10.3. The molecule has 1 aromatic heterocycles. The van der Waals surface area contributed by atoms with Gasteiger partial charge in [-0.3, -0.25) is 4.79 Å². The molecule has 100 valence electrons. The summed E-state index contributed by atoms with van der Waals surface area (Å²) in [5, 5.41) is 9.44. The summed E-state index contributed by atoms with van der Waals surface area (Å²) >= 11 is 1.46. The summed E-state index contributed by atoms with van der Waals surface area (Å²) in [4.78, 5) is 20.2. The smallest absolute Gasteiger partial charge is 0.242 e. The van der Waals surface area contributed by atoms with Gasteiger partial charge in [-0.15, -0.1) is 0 Å². The van der Waals surface area contributed by atoms with Crippen LogP contribution in [0.5, 0.6) is 0 Å². The van der Waals surface area contributed by atoms with Crippen LogP contribution >= 0.6 is 11.8 Å². The molecule has 0 saturated carbocycles. The van der Waals surface area contributed by atoms with Crippen LogP contribution in [0.15, 0.2) is 11.2 Å². The summed E-state index contributed by atoms with van der Waals surface area (Å²) in [6, 6.07) is 1.44. The van der Waals surface area contributed by atoms with E-state index < -0.39 is 0 Å². The fraction of sp³-hybridized carbons (Fsp3) is 0.545. The second-order valence-corrected chi connectivity index (χ2v) is 4.41. The van der Waals surface area contributed by atoms with Gasteiger partial charge in [-0.25, -0.2) is 9.97 Å². The Balaban J connectivity index is 2.79. The molecule has 1 rings (SSSR count). The highest BCUT2D eigenvalue weighted by Gasteiger charge is 2.13. The van der Waals surface area contributed by atoms with Crippen LogP contribution in [0.2, 0.25) is 0 Å². The molecule has 0 aromatic carbocycles. The van der Waals surface area contributed by atoms with E-state index in [9.17, 15) is 4.79 Å². The molecule has 0 bridgehead atoms. The molecule has 0 aliphatic heterocycles. The Morgan fingerprint density at radius 2 is 2.11 bits per heavy atom. The number of hydrogen-bond donors (Lipinski definition) is 3. The fourth-order valence-electron chi connectivity index (χ4n) is 1.33. The number of likely N-dealkylation sites (N-methyl/N-ethyl adjacent to an activating group) is 1. The number of anilines is 2. The fourth-order valence-corrected chi connectivity index (χ4v) is 1.71. The molecule has 1 heterocycles. The summed E-state index contributed by atoms with van der Waals surface area (Å²) in [6.07, 6.45) is 1.91. The maximum absolute atomic E-state index is 11.6. The Labute approximate surface area is 111 Å². The molecule has 7 heteroatoms. The van der Waals surface area contributed by atoms with Crippen molar-refractivity contribution in [2.45, 2.75) is 25.0 Å². The minimum Gasteiger partial charge on any atom is -0.373 e. The van der Waals surface area contributed by atoms with Crippen molar-refractivity contribution in [3.8, 4) is 0 Å². The van der Waals surface area contributed by atoms with Gasteiger partial charge >= 0.3 is 0 Å². The van der Waals surface area contributed by atoms with Gasteiger partial charge in [0.2, 0.25) is 5.91 Å². The van der Waals surface area contributed by atoms with Gasteiger partial charge in [0.25, 0.3) is 0 Å². The van der Waals surface area contributed by atoms with Crippen LogP contribution in [-0.4, -0.2) is 41.8 Å². The van der Waals surface area contributed by atoms with E-state index in [0.29, 0.717) is 17.5 Å². The third-order valence-corrected chi connectivity index (χ3v) is 2.80. The maximum Gasteiger partial charge on any atom is 0.242 e. The first-order chi connectivity index (χ1) is 8.60. The molecule has 0 aliphatic rings. The van der Waals surface area contributed by atoms with Crippen LogP contribution in [0.3, 0.4) is 0 Å². The predicted octanol–water partition coefficient (Wildman–Crippen LogP) is 1.18. The quantitative estimate of drug-likeness (QED) is 0.531. The van der Waals surface area contributed by atoms with Gasteiger partial charge in [0.1, 0.15) is 17.7 Å². The van der Waals surface area contributed by atoms with Gasteiger partial charge in [0, 0.05) is 19.7 Å². The van der Waals surface area contributed by atoms with E-state index in [4.69, 9.17) is 0 Å². The summed E-state index contributed by atoms with van der Waals surface area (Å²) in [6.45, 7) is 4.30. The van der Waals surface area contributed by atoms with Crippen LogP contribution in [0.25, 0.3) is 0 Å². The lowest BCUT2D eigenvalue weighted by Gasteiger charge is -2.14. The van der Waals surface area contributed by atoms with Gasteiger partial charge < -0.3 is 16.0 Å². The summed E-state index contributed by atoms with van der Waals surface area (Å²) in [5.41, 5.74) is 0. The second-order valence-electron chi connectivity index (χ2n) is 3.64. The molecule has 0 saturated heterocycles. The van der Waals surface area contributed by atoms with Gasteiger partial charge in [-0.1, -0.05) is 11.8 Å². The monoisotopic (exact) mass is 269 g/mol. The zero-order valence-corrected chi connectivity index (χ0v) is 11.9. The van der Waals surface area contributed by atoms with Crippen molar-refractivity contribution in [3.05, 3.63) is 6.07 Å². The average molecular weight is 269 g/mol. The molecule has 0 aliphatic carbocycles. The predicted molar refractivity (Wildman–Crippen MR) is 75.1 cm³/mol. The molecular formula is C11H19N5OS. The minimum atomic E-state index is -0.334. The maximum atomic E-state index is 11.6. The number of thioether (sulfide) groups is 1. The Morgan fingerprint density at radius 1 is 1.44 bits per heavy atom. The Bertz CT molecular complexity index is 390. The standard InChI is InChI=1S/C11H19N5OS/c1-5-13-10(17)7(2)14-9-6-8(12-3)15-11(16-9)18-4/h6-7H,5H2,1-4H3,(H,13,17)(H2,12,14,15,16). The lowest BCUT2D eigenvalue weighted by Crippen LogP contribution is -2.37. The van der Waals surface area contributed by atoms with E-state index in [-0.39, 0.29) is 11.9 Å². The topological polar surface area (TPSA) is 78.9 Å². The molecule has 1 amide bonds. The lowest BCUT2D eigenvalue weighted by molar-refractivity contribution is -0.121. The molecule has 1 aromatic rings. The van der Waals surface area contributed by atoms with Crippen molar-refractivity contribution < 1.29 is 4.79 Å². The Kier molecular flexibility index (Phi) is 5.70. The Hall–Kier alpha value is -1.50. The van der Waals surface area contributed by atoms with E-state index >= 15 is 0 Å². The van der Waals surface area contributed by atoms with E-state index in [0.717, 1.165) is 5.82 Å². The first-order valence-electron chi connectivity index (χ1n) is 5.75. The normalized spacial score (nSPS) is 11.8. The van der Waals surface area contributed by atoms with E-state index in [1.807, 2.05) is 13.2 Å². The number of hydrogen-bond acceptors (Lipinski definition) is 6. The molecule has 1 unspecified atom stereocenters. The number of amides is 1. The molecule has 1 atom stereocenters. The van der Waals surface area contributed by atoms with Crippen LogP contribution in [0, 0.1) is 0 Å². The van der Waals surface area contributed by atoms with Crippen molar-refractivity contribution in [2.75, 3.05) is 30.5 Å². The second kappa shape index (κ2) is 7.05. The summed E-state index contributed by atoms with van der Waals surface area (Å²) < 4.78 is 0. The van der Waals surface area contributed by atoms with Crippen molar-refractivity contribution in [1.82, 2.24) is 15.3 Å². The van der Waals surface area contributed by atoms with Crippen molar-refractivity contribution in [3.63, 3.8) is 0 Å². The molecule has 0 radical (unpaired) electrons. The van der Waals surface area contributed by atoms with E-state index in [1.54, 1.807) is 20.0 Å². The van der Waals surface area contributed by atoms with Gasteiger partial charge in [-0.2, -0.15) is 0 Å². The number of carbonyl (C=O) groups excluding carboxylic acids is 1. The summed E-state index contributed by atoms with van der Waals surface area (Å²) in [5.74, 6) is 1.31. The highest BCUT2D eigenvalue weighted by molar-refractivity contribution is 7.98. The highest BCUT2D eigenvalue weighted by Crippen LogP contribution is 2.17. The van der Waals surface area contributed by atoms with Gasteiger partial charge in [0.05, 0.1) is 0 Å². The molecule has 18 heavy (non-hydrogen) atoms. The van der Waals surface area contributed by atoms with Crippen molar-refractivity contribution >= 4 is 29.3 Å². The van der Waals surface area contributed by atoms with Crippen LogP contribution in [-0.2, 0) is 4.79 Å². The van der Waals surface area contributed by atoms with E-state index in [2.05, 4.69) is 25.9 Å². The van der Waals surface area contributed by atoms with Crippen LogP contribution in [0.1, 0.15) is 13.8 Å². The zero-order valence-electron chi connectivity index (χ0n) is 11.1. The molecule has 6 nitrogen and oxygen atoms in total. The SMILES string of the molecule is CCNC(=O)C(C)Nc1cc(NC)nc(SC)n1. The summed E-state index contributed by atoms with van der Waals surface area (Å²) in [7, 11) is 1.80. The zero-order chi connectivity index (χ0) is 13.5. The van der Waals surface area contributed by atoms with Crippen molar-refractivity contribution in [1.29, 1.82) is 0 Å². The Morgan fingerprint density at radius 3 is 2.67 bits per heavy atom. The number of nitrogens with zero attached hydrogens (tertiary/aromatic N) is 2. The third kappa shape index (κ3) is 4.06. The third-order valence-electron chi connectivity index (χ3n) is 2.25. The van der Waals surface area contributed by atoms with Crippen LogP contribution in [0.4, 0.5) is 11.6 Å². The molecule has 0 spiro atoms. The first kappa shape index (κ1) is 14.6. The highest BCUT2D eigenvalue weighted by atomic mass is 32.2. The van der Waals surface area contributed by atoms with Gasteiger partial charge in [0.15, 0.2) is 5.16 Å². The van der Waals surface area contributed by atoms with Crippen molar-refractivity contribution in [2.24, 2.45) is 0 Å². The molecule has 3 N–H and O–H groups in total. The minimum absolute atomic E-state index is 0.0483. The molecular weight excluding hydrogens is 250 g/mol. The van der Waals surface area contributed by atoms with Crippen LogP contribution < -0.4 is 16.0 Å².